The Labute approximate surface area is 65.4 Å². The van der Waals surface area contributed by atoms with E-state index in [1.807, 2.05) is 0 Å². The van der Waals surface area contributed by atoms with Crippen LogP contribution in [0.2, 0.25) is 0 Å². The first kappa shape index (κ1) is 8.93. The molecule has 1 rings (SSSR count). The zero-order chi connectivity index (χ0) is 8.43. The summed E-state index contributed by atoms with van der Waals surface area (Å²) in [6, 6.07) is 0. The van der Waals surface area contributed by atoms with E-state index >= 15 is 0 Å². The Bertz CT molecular complexity index is 128. The Kier molecular flexibility index (Phi) is 2.84. The van der Waals surface area contributed by atoms with Crippen molar-refractivity contribution >= 4 is 0 Å². The molecule has 3 N–H and O–H groups in total. The van der Waals surface area contributed by atoms with Crippen molar-refractivity contribution in [2.45, 2.75) is 31.8 Å². The minimum Gasteiger partial charge on any atom is -0.394 e. The fourth-order valence-electron chi connectivity index (χ4n) is 1.26. The molecule has 0 aromatic rings. The zero-order valence-corrected chi connectivity index (χ0v) is 6.47. The van der Waals surface area contributed by atoms with Crippen LogP contribution >= 0.6 is 0 Å². The highest BCUT2D eigenvalue weighted by Gasteiger charge is 2.33. The Morgan fingerprint density at radius 1 is 1.45 bits per heavy atom. The lowest BCUT2D eigenvalue weighted by atomic mass is 9.93. The maximum Gasteiger partial charge on any atom is 0.157 e. The molecule has 0 aromatic carbocycles. The van der Waals surface area contributed by atoms with Gasteiger partial charge in [0.2, 0.25) is 0 Å². The fraction of sp³-hybridized carbons (Fsp3) is 1.00. The zero-order valence-electron chi connectivity index (χ0n) is 6.47. The maximum atomic E-state index is 9.30. The van der Waals surface area contributed by atoms with E-state index in [-0.39, 0.29) is 18.9 Å². The topological polar surface area (TPSA) is 69.9 Å². The van der Waals surface area contributed by atoms with Gasteiger partial charge in [-0.1, -0.05) is 6.92 Å². The summed E-state index contributed by atoms with van der Waals surface area (Å²) >= 11 is 0. The highest BCUT2D eigenvalue weighted by Crippen LogP contribution is 2.23. The summed E-state index contributed by atoms with van der Waals surface area (Å²) in [5, 5.41) is 27.1. The third-order valence-corrected chi connectivity index (χ3v) is 2.15. The van der Waals surface area contributed by atoms with Gasteiger partial charge in [0.05, 0.1) is 18.8 Å². The molecule has 1 heterocycles. The van der Waals surface area contributed by atoms with E-state index in [1.165, 1.54) is 0 Å². The smallest absolute Gasteiger partial charge is 0.157 e. The second-order valence-corrected chi connectivity index (χ2v) is 2.97. The minimum absolute atomic E-state index is 0.108. The second kappa shape index (κ2) is 3.49. The molecule has 0 spiro atoms. The van der Waals surface area contributed by atoms with E-state index in [4.69, 9.17) is 14.9 Å². The maximum absolute atomic E-state index is 9.30. The highest BCUT2D eigenvalue weighted by molar-refractivity contribution is 4.78. The van der Waals surface area contributed by atoms with E-state index in [0.717, 1.165) is 0 Å². The third-order valence-electron chi connectivity index (χ3n) is 2.15. The van der Waals surface area contributed by atoms with E-state index < -0.39 is 18.5 Å². The number of aliphatic hydroxyl groups excluding tert-OH is 3. The lowest BCUT2D eigenvalue weighted by Gasteiger charge is -2.34. The van der Waals surface area contributed by atoms with Crippen molar-refractivity contribution in [3.63, 3.8) is 0 Å². The first-order chi connectivity index (χ1) is 5.15. The third kappa shape index (κ3) is 1.90. The summed E-state index contributed by atoms with van der Waals surface area (Å²) in [5.41, 5.74) is 0. The number of rotatable bonds is 1. The average Bonchev–Trinajstić information content (AvgIpc) is 1.96. The van der Waals surface area contributed by atoms with Crippen molar-refractivity contribution in [1.29, 1.82) is 0 Å². The summed E-state index contributed by atoms with van der Waals surface area (Å²) in [7, 11) is 0. The van der Waals surface area contributed by atoms with Crippen LogP contribution in [0.3, 0.4) is 0 Å². The molecule has 0 saturated carbocycles. The molecule has 1 saturated heterocycles. The molecule has 0 aromatic heterocycles. The molecule has 4 atom stereocenters. The molecule has 66 valence electrons. The molecule has 4 unspecified atom stereocenters. The molecule has 4 heteroatoms. The van der Waals surface area contributed by atoms with Crippen molar-refractivity contribution in [2.24, 2.45) is 5.92 Å². The Morgan fingerprint density at radius 3 is 2.64 bits per heavy atom. The van der Waals surface area contributed by atoms with E-state index in [2.05, 4.69) is 0 Å². The van der Waals surface area contributed by atoms with Crippen molar-refractivity contribution in [3.05, 3.63) is 0 Å². The predicted molar refractivity (Wildman–Crippen MR) is 37.8 cm³/mol. The van der Waals surface area contributed by atoms with Gasteiger partial charge >= 0.3 is 0 Å². The van der Waals surface area contributed by atoms with Crippen molar-refractivity contribution in [1.82, 2.24) is 0 Å². The van der Waals surface area contributed by atoms with Gasteiger partial charge in [-0.05, 0) is 0 Å². The molecule has 1 fully saturated rings. The predicted octanol–water partition coefficient (Wildman–Crippen LogP) is -0.917. The summed E-state index contributed by atoms with van der Waals surface area (Å²) in [4.78, 5) is 0. The van der Waals surface area contributed by atoms with E-state index in [1.54, 1.807) is 6.92 Å². The monoisotopic (exact) mass is 162 g/mol. The standard InChI is InChI=1S/C7H14O4/c1-4-5(9)2-7(10)11-6(4)3-8/h4-10H,2-3H2,1H3. The van der Waals surface area contributed by atoms with Crippen molar-refractivity contribution in [2.75, 3.05) is 6.61 Å². The average molecular weight is 162 g/mol. The van der Waals surface area contributed by atoms with Crippen LogP contribution in [0, 0.1) is 5.92 Å². The number of hydrogen-bond donors (Lipinski definition) is 3. The quantitative estimate of drug-likeness (QED) is 0.466. The van der Waals surface area contributed by atoms with Gasteiger partial charge in [0.15, 0.2) is 6.29 Å². The second-order valence-electron chi connectivity index (χ2n) is 2.97. The van der Waals surface area contributed by atoms with Gasteiger partial charge in [-0.25, -0.2) is 0 Å². The summed E-state index contributed by atoms with van der Waals surface area (Å²) in [6.07, 6.45) is -1.71. The molecule has 0 radical (unpaired) electrons. The van der Waals surface area contributed by atoms with Crippen LogP contribution in [0.15, 0.2) is 0 Å². The lowest BCUT2D eigenvalue weighted by Crippen LogP contribution is -2.44. The van der Waals surface area contributed by atoms with Crippen LogP contribution in [-0.2, 0) is 4.74 Å². The Hall–Kier alpha value is -0.160. The van der Waals surface area contributed by atoms with E-state index in [9.17, 15) is 5.11 Å². The fourth-order valence-corrected chi connectivity index (χ4v) is 1.26. The highest BCUT2D eigenvalue weighted by atomic mass is 16.6. The van der Waals surface area contributed by atoms with Gasteiger partial charge in [0.25, 0.3) is 0 Å². The first-order valence-corrected chi connectivity index (χ1v) is 3.77. The van der Waals surface area contributed by atoms with Crippen LogP contribution in [0.5, 0.6) is 0 Å². The largest absolute Gasteiger partial charge is 0.394 e. The number of ether oxygens (including phenoxy) is 1. The van der Waals surface area contributed by atoms with Gasteiger partial charge in [-0.15, -0.1) is 0 Å². The first-order valence-electron chi connectivity index (χ1n) is 3.77. The molecular weight excluding hydrogens is 148 g/mol. The molecule has 0 amide bonds. The number of hydrogen-bond acceptors (Lipinski definition) is 4. The molecule has 4 nitrogen and oxygen atoms in total. The van der Waals surface area contributed by atoms with Gasteiger partial charge in [-0.3, -0.25) is 0 Å². The summed E-state index contributed by atoms with van der Waals surface area (Å²) in [6.45, 7) is 1.63. The minimum atomic E-state index is -0.932. The molecule has 0 bridgehead atoms. The van der Waals surface area contributed by atoms with Gasteiger partial charge in [0, 0.05) is 12.3 Å². The van der Waals surface area contributed by atoms with Crippen LogP contribution in [0.1, 0.15) is 13.3 Å². The Morgan fingerprint density at radius 2 is 2.09 bits per heavy atom. The van der Waals surface area contributed by atoms with Gasteiger partial charge in [-0.2, -0.15) is 0 Å². The van der Waals surface area contributed by atoms with Gasteiger partial charge < -0.3 is 20.1 Å². The van der Waals surface area contributed by atoms with Gasteiger partial charge in [0.1, 0.15) is 0 Å². The Balaban J connectivity index is 2.51. The molecule has 1 aliphatic heterocycles. The summed E-state index contributed by atoms with van der Waals surface area (Å²) < 4.78 is 4.96. The number of aliphatic hydroxyl groups is 3. The normalized spacial score (nSPS) is 45.8. The molecule has 0 aliphatic carbocycles. The SMILES string of the molecule is CC1C(O)CC(O)OC1CO. The van der Waals surface area contributed by atoms with Crippen LogP contribution in [0.25, 0.3) is 0 Å². The van der Waals surface area contributed by atoms with Crippen LogP contribution in [0.4, 0.5) is 0 Å². The molecule has 11 heavy (non-hydrogen) atoms. The van der Waals surface area contributed by atoms with Crippen molar-refractivity contribution < 1.29 is 20.1 Å². The van der Waals surface area contributed by atoms with E-state index in [0.29, 0.717) is 0 Å². The molecular formula is C7H14O4. The van der Waals surface area contributed by atoms with Crippen LogP contribution < -0.4 is 0 Å². The molecule has 1 aliphatic rings. The van der Waals surface area contributed by atoms with Crippen LogP contribution in [-0.4, -0.2) is 40.4 Å². The lowest BCUT2D eigenvalue weighted by molar-refractivity contribution is -0.219. The summed E-state index contributed by atoms with van der Waals surface area (Å²) in [5.74, 6) is -0.108. The van der Waals surface area contributed by atoms with Crippen molar-refractivity contribution in [3.8, 4) is 0 Å².